The summed E-state index contributed by atoms with van der Waals surface area (Å²) in [6, 6.07) is 12.1. The molecule has 1 atom stereocenters. The molecule has 2 aromatic carbocycles. The average molecular weight is 419 g/mol. The lowest BCUT2D eigenvalue weighted by Crippen LogP contribution is -2.30. The molecule has 0 aliphatic carbocycles. The number of methoxy groups -OCH3 is 1. The van der Waals surface area contributed by atoms with E-state index in [0.29, 0.717) is 5.92 Å². The Morgan fingerprint density at radius 2 is 1.92 bits per heavy atom. The summed E-state index contributed by atoms with van der Waals surface area (Å²) < 4.78 is 6.15. The second kappa shape index (κ2) is 9.19. The molecule has 2 rings (SSSR count). The number of ether oxygens (including phenoxy) is 1. The number of carbonyl (C=O) groups excluding carboxylic acids is 1. The van der Waals surface area contributed by atoms with Gasteiger partial charge in [-0.1, -0.05) is 38.1 Å². The Kier molecular flexibility index (Phi) is 7.23. The maximum absolute atomic E-state index is 12.4. The van der Waals surface area contributed by atoms with Crippen LogP contribution in [0.2, 0.25) is 0 Å². The molecule has 0 radical (unpaired) electrons. The minimum absolute atomic E-state index is 0.0411. The van der Waals surface area contributed by atoms with E-state index in [-0.39, 0.29) is 18.5 Å². The fourth-order valence-corrected chi connectivity index (χ4v) is 3.40. The third-order valence-electron chi connectivity index (χ3n) is 4.44. The lowest BCUT2D eigenvalue weighted by Gasteiger charge is -2.18. The van der Waals surface area contributed by atoms with Crippen molar-refractivity contribution in [2.45, 2.75) is 39.7 Å². The maximum atomic E-state index is 12.4. The van der Waals surface area contributed by atoms with E-state index in [1.54, 1.807) is 7.11 Å². The first-order valence-electron chi connectivity index (χ1n) is 8.79. The van der Waals surface area contributed by atoms with Gasteiger partial charge < -0.3 is 15.4 Å². The largest absolute Gasteiger partial charge is 0.496 e. The molecule has 0 aliphatic heterocycles. The zero-order valence-corrected chi connectivity index (χ0v) is 17.6. The van der Waals surface area contributed by atoms with Gasteiger partial charge in [-0.2, -0.15) is 0 Å². The zero-order valence-electron chi connectivity index (χ0n) is 16.0. The van der Waals surface area contributed by atoms with Crippen LogP contribution in [0.25, 0.3) is 0 Å². The molecule has 5 heteroatoms. The molecule has 0 bridgehead atoms. The molecule has 2 N–H and O–H groups in total. The number of anilines is 1. The highest BCUT2D eigenvalue weighted by atomic mass is 79.9. The summed E-state index contributed by atoms with van der Waals surface area (Å²) in [5, 5.41) is 6.34. The minimum atomic E-state index is -0.0411. The van der Waals surface area contributed by atoms with Crippen molar-refractivity contribution >= 4 is 27.5 Å². The van der Waals surface area contributed by atoms with E-state index >= 15 is 0 Å². The van der Waals surface area contributed by atoms with Gasteiger partial charge in [-0.3, -0.25) is 4.79 Å². The van der Waals surface area contributed by atoms with Crippen molar-refractivity contribution in [2.24, 2.45) is 0 Å². The molecular formula is C21H27BrN2O2. The lowest BCUT2D eigenvalue weighted by molar-refractivity contribution is -0.115. The SMILES string of the molecule is COc1ccc([C@@H](C)NCC(=O)Nc2c(C)cccc2C(C)C)cc1Br. The summed E-state index contributed by atoms with van der Waals surface area (Å²) in [7, 11) is 1.64. The summed E-state index contributed by atoms with van der Waals surface area (Å²) in [5.41, 5.74) is 4.25. The predicted octanol–water partition coefficient (Wildman–Crippen LogP) is 5.18. The van der Waals surface area contributed by atoms with Crippen LogP contribution in [0.4, 0.5) is 5.69 Å². The Morgan fingerprint density at radius 1 is 1.19 bits per heavy atom. The van der Waals surface area contributed by atoms with Crippen LogP contribution in [-0.2, 0) is 4.79 Å². The first kappa shape index (κ1) is 20.5. The molecular weight excluding hydrogens is 392 g/mol. The standard InChI is InChI=1S/C21H27BrN2O2/c1-13(2)17-8-6-7-14(3)21(17)24-20(25)12-23-15(4)16-9-10-19(26-5)18(22)11-16/h6-11,13,15,23H,12H2,1-5H3,(H,24,25)/t15-/m1/s1. The van der Waals surface area contributed by atoms with E-state index in [2.05, 4.69) is 46.5 Å². The Morgan fingerprint density at radius 3 is 2.54 bits per heavy atom. The molecule has 140 valence electrons. The lowest BCUT2D eigenvalue weighted by atomic mass is 9.98. The van der Waals surface area contributed by atoms with Crippen molar-refractivity contribution in [2.75, 3.05) is 19.0 Å². The third-order valence-corrected chi connectivity index (χ3v) is 5.06. The molecule has 1 amide bonds. The van der Waals surface area contributed by atoms with Gasteiger partial charge in [0.1, 0.15) is 5.75 Å². The molecule has 0 unspecified atom stereocenters. The van der Waals surface area contributed by atoms with E-state index in [4.69, 9.17) is 4.74 Å². The molecule has 4 nitrogen and oxygen atoms in total. The number of para-hydroxylation sites is 1. The highest BCUT2D eigenvalue weighted by molar-refractivity contribution is 9.10. The number of aryl methyl sites for hydroxylation is 1. The first-order chi connectivity index (χ1) is 12.3. The number of benzene rings is 2. The molecule has 26 heavy (non-hydrogen) atoms. The quantitative estimate of drug-likeness (QED) is 0.650. The van der Waals surface area contributed by atoms with Crippen molar-refractivity contribution in [3.63, 3.8) is 0 Å². The molecule has 0 aromatic heterocycles. The predicted molar refractivity (Wildman–Crippen MR) is 111 cm³/mol. The van der Waals surface area contributed by atoms with E-state index in [1.165, 1.54) is 0 Å². The van der Waals surface area contributed by atoms with Crippen LogP contribution in [0.5, 0.6) is 5.75 Å². The van der Waals surface area contributed by atoms with E-state index in [1.807, 2.05) is 44.2 Å². The minimum Gasteiger partial charge on any atom is -0.496 e. The van der Waals surface area contributed by atoms with Gasteiger partial charge in [0.15, 0.2) is 0 Å². The second-order valence-corrected chi connectivity index (χ2v) is 7.59. The topological polar surface area (TPSA) is 50.4 Å². The Balaban J connectivity index is 2.00. The summed E-state index contributed by atoms with van der Waals surface area (Å²) in [5.74, 6) is 1.11. The monoisotopic (exact) mass is 418 g/mol. The number of hydrogen-bond donors (Lipinski definition) is 2. The Bertz CT molecular complexity index is 775. The fourth-order valence-electron chi connectivity index (χ4n) is 2.84. The smallest absolute Gasteiger partial charge is 0.238 e. The van der Waals surface area contributed by atoms with Gasteiger partial charge in [-0.15, -0.1) is 0 Å². The van der Waals surface area contributed by atoms with E-state index in [0.717, 1.165) is 32.6 Å². The van der Waals surface area contributed by atoms with Crippen LogP contribution >= 0.6 is 15.9 Å². The number of carbonyl (C=O) groups is 1. The van der Waals surface area contributed by atoms with Gasteiger partial charge in [-0.25, -0.2) is 0 Å². The summed E-state index contributed by atoms with van der Waals surface area (Å²) >= 11 is 3.50. The second-order valence-electron chi connectivity index (χ2n) is 6.74. The summed E-state index contributed by atoms with van der Waals surface area (Å²) in [6.07, 6.45) is 0. The van der Waals surface area contributed by atoms with Gasteiger partial charge >= 0.3 is 0 Å². The summed E-state index contributed by atoms with van der Waals surface area (Å²) in [6.45, 7) is 8.57. The van der Waals surface area contributed by atoms with Gasteiger partial charge in [-0.05, 0) is 64.5 Å². The zero-order chi connectivity index (χ0) is 19.3. The van der Waals surface area contributed by atoms with Crippen molar-refractivity contribution in [1.82, 2.24) is 5.32 Å². The fraction of sp³-hybridized carbons (Fsp3) is 0.381. The highest BCUT2D eigenvalue weighted by Gasteiger charge is 2.14. The van der Waals surface area contributed by atoms with Crippen molar-refractivity contribution in [3.05, 3.63) is 57.6 Å². The number of amides is 1. The molecule has 0 saturated heterocycles. The number of rotatable bonds is 7. The molecule has 0 spiro atoms. The van der Waals surface area contributed by atoms with Crippen LogP contribution in [0, 0.1) is 6.92 Å². The van der Waals surface area contributed by atoms with Crippen molar-refractivity contribution < 1.29 is 9.53 Å². The van der Waals surface area contributed by atoms with Crippen molar-refractivity contribution in [3.8, 4) is 5.75 Å². The Labute approximate surface area is 164 Å². The molecule has 0 fully saturated rings. The van der Waals surface area contributed by atoms with Crippen LogP contribution in [0.3, 0.4) is 0 Å². The van der Waals surface area contributed by atoms with E-state index in [9.17, 15) is 4.79 Å². The maximum Gasteiger partial charge on any atom is 0.238 e. The molecule has 2 aromatic rings. The van der Waals surface area contributed by atoms with Gasteiger partial charge in [0, 0.05) is 11.7 Å². The highest BCUT2D eigenvalue weighted by Crippen LogP contribution is 2.28. The molecule has 0 aliphatic rings. The van der Waals surface area contributed by atoms with Gasteiger partial charge in [0.05, 0.1) is 18.1 Å². The van der Waals surface area contributed by atoms with Crippen LogP contribution < -0.4 is 15.4 Å². The van der Waals surface area contributed by atoms with Crippen LogP contribution in [0.15, 0.2) is 40.9 Å². The number of hydrogen-bond acceptors (Lipinski definition) is 3. The van der Waals surface area contributed by atoms with Crippen molar-refractivity contribution in [1.29, 1.82) is 0 Å². The molecule has 0 heterocycles. The number of halogens is 1. The third kappa shape index (κ3) is 5.08. The van der Waals surface area contributed by atoms with Gasteiger partial charge in [0.2, 0.25) is 5.91 Å². The Hall–Kier alpha value is -1.85. The number of nitrogens with one attached hydrogen (secondary N) is 2. The first-order valence-corrected chi connectivity index (χ1v) is 9.59. The van der Waals surface area contributed by atoms with Gasteiger partial charge in [0.25, 0.3) is 0 Å². The van der Waals surface area contributed by atoms with Crippen LogP contribution in [-0.4, -0.2) is 19.6 Å². The average Bonchev–Trinajstić information content (AvgIpc) is 2.61. The summed E-state index contributed by atoms with van der Waals surface area (Å²) in [4.78, 5) is 12.4. The normalized spacial score (nSPS) is 12.1. The molecule has 0 saturated carbocycles. The van der Waals surface area contributed by atoms with E-state index < -0.39 is 0 Å². The van der Waals surface area contributed by atoms with Crippen LogP contribution in [0.1, 0.15) is 49.4 Å².